The Morgan fingerprint density at radius 2 is 2.04 bits per heavy atom. The molecule has 4 rings (SSSR count). The van der Waals surface area contributed by atoms with E-state index >= 15 is 0 Å². The highest BCUT2D eigenvalue weighted by Gasteiger charge is 2.23. The Hall–Kier alpha value is -2.79. The molecule has 0 N–H and O–H groups in total. The fourth-order valence-electron chi connectivity index (χ4n) is 3.14. The first-order valence-electron chi connectivity index (χ1n) is 8.22. The van der Waals surface area contributed by atoms with E-state index in [1.165, 1.54) is 6.08 Å². The Balaban J connectivity index is 1.66. The van der Waals surface area contributed by atoms with Gasteiger partial charge in [-0.15, -0.1) is 0 Å². The van der Waals surface area contributed by atoms with Crippen molar-refractivity contribution in [1.29, 1.82) is 0 Å². The molecule has 0 aromatic carbocycles. The van der Waals surface area contributed by atoms with E-state index in [9.17, 15) is 9.18 Å². The molecule has 0 aliphatic heterocycles. The molecule has 0 amide bonds. The highest BCUT2D eigenvalue weighted by molar-refractivity contribution is 6.63. The fraction of sp³-hybridized carbons (Fsp3) is 0.150. The van der Waals surface area contributed by atoms with Gasteiger partial charge in [0.2, 0.25) is 5.24 Å². The molecule has 3 heterocycles. The molecule has 0 bridgehead atoms. The molecule has 2 atom stereocenters. The predicted octanol–water partition coefficient (Wildman–Crippen LogP) is 4.46. The predicted molar refractivity (Wildman–Crippen MR) is 99.4 cm³/mol. The van der Waals surface area contributed by atoms with Gasteiger partial charge < -0.3 is 0 Å². The normalized spacial score (nSPS) is 19.5. The SMILES string of the molecule is O=C(Cl)CC1C=CC(c2cnc3cc(-c4ccncc4)ccn23)=CC1F. The largest absolute Gasteiger partial charge is 0.300 e. The number of carbonyl (C=O) groups is 1. The first kappa shape index (κ1) is 16.7. The summed E-state index contributed by atoms with van der Waals surface area (Å²) in [4.78, 5) is 19.5. The molecule has 130 valence electrons. The summed E-state index contributed by atoms with van der Waals surface area (Å²) >= 11 is 5.38. The van der Waals surface area contributed by atoms with Crippen molar-refractivity contribution >= 4 is 28.1 Å². The number of hydrogen-bond acceptors (Lipinski definition) is 3. The van der Waals surface area contributed by atoms with Crippen molar-refractivity contribution in [2.45, 2.75) is 12.6 Å². The Labute approximate surface area is 154 Å². The lowest BCUT2D eigenvalue weighted by molar-refractivity contribution is -0.112. The summed E-state index contributed by atoms with van der Waals surface area (Å²) in [6, 6.07) is 7.85. The number of pyridine rings is 2. The topological polar surface area (TPSA) is 47.3 Å². The lowest BCUT2D eigenvalue weighted by atomic mass is 9.91. The van der Waals surface area contributed by atoms with E-state index in [0.29, 0.717) is 0 Å². The zero-order valence-corrected chi connectivity index (χ0v) is 14.5. The first-order chi connectivity index (χ1) is 12.6. The van der Waals surface area contributed by atoms with Gasteiger partial charge in [-0.1, -0.05) is 12.2 Å². The van der Waals surface area contributed by atoms with Crippen LogP contribution in [0.25, 0.3) is 22.3 Å². The molecule has 0 saturated carbocycles. The van der Waals surface area contributed by atoms with E-state index in [-0.39, 0.29) is 6.42 Å². The molecule has 0 spiro atoms. The smallest absolute Gasteiger partial charge is 0.222 e. The molecule has 1 aliphatic rings. The minimum absolute atomic E-state index is 0.00848. The molecule has 0 fully saturated rings. The van der Waals surface area contributed by atoms with Crippen molar-refractivity contribution in [3.8, 4) is 11.1 Å². The summed E-state index contributed by atoms with van der Waals surface area (Å²) in [7, 11) is 0. The van der Waals surface area contributed by atoms with Crippen LogP contribution in [0.15, 0.2) is 67.3 Å². The zero-order chi connectivity index (χ0) is 18.1. The van der Waals surface area contributed by atoms with Crippen molar-refractivity contribution < 1.29 is 9.18 Å². The van der Waals surface area contributed by atoms with Crippen LogP contribution in [0.4, 0.5) is 4.39 Å². The number of carbonyl (C=O) groups excluding carboxylic acids is 1. The van der Waals surface area contributed by atoms with Crippen LogP contribution < -0.4 is 0 Å². The average Bonchev–Trinajstić information content (AvgIpc) is 3.07. The molecule has 6 heteroatoms. The molecular formula is C20H15ClFN3O. The Bertz CT molecular complexity index is 1030. The summed E-state index contributed by atoms with van der Waals surface area (Å²) in [5.41, 5.74) is 4.41. The maximum atomic E-state index is 14.4. The Morgan fingerprint density at radius 3 is 2.77 bits per heavy atom. The van der Waals surface area contributed by atoms with Crippen LogP contribution in [0.5, 0.6) is 0 Å². The number of imidazole rings is 1. The van der Waals surface area contributed by atoms with Crippen LogP contribution in [-0.4, -0.2) is 25.8 Å². The first-order valence-corrected chi connectivity index (χ1v) is 8.60. The van der Waals surface area contributed by atoms with Crippen molar-refractivity contribution in [2.75, 3.05) is 0 Å². The van der Waals surface area contributed by atoms with Gasteiger partial charge in [-0.25, -0.2) is 9.37 Å². The van der Waals surface area contributed by atoms with Gasteiger partial charge in [0, 0.05) is 30.9 Å². The minimum Gasteiger partial charge on any atom is -0.300 e. The highest BCUT2D eigenvalue weighted by Crippen LogP contribution is 2.30. The third-order valence-electron chi connectivity index (χ3n) is 4.49. The average molecular weight is 368 g/mol. The van der Waals surface area contributed by atoms with E-state index in [1.807, 2.05) is 40.9 Å². The van der Waals surface area contributed by atoms with Crippen LogP contribution in [0, 0.1) is 5.92 Å². The Morgan fingerprint density at radius 1 is 1.23 bits per heavy atom. The van der Waals surface area contributed by atoms with Gasteiger partial charge in [-0.2, -0.15) is 0 Å². The van der Waals surface area contributed by atoms with Crippen LogP contribution >= 0.6 is 11.6 Å². The summed E-state index contributed by atoms with van der Waals surface area (Å²) in [6.07, 6.45) is 10.9. The molecule has 26 heavy (non-hydrogen) atoms. The van der Waals surface area contributed by atoms with Crippen molar-refractivity contribution in [1.82, 2.24) is 14.4 Å². The lowest BCUT2D eigenvalue weighted by Gasteiger charge is -2.18. The maximum absolute atomic E-state index is 14.4. The van der Waals surface area contributed by atoms with E-state index in [4.69, 9.17) is 11.6 Å². The van der Waals surface area contributed by atoms with Gasteiger partial charge in [0.05, 0.1) is 11.9 Å². The number of rotatable bonds is 4. The fourth-order valence-corrected chi connectivity index (χ4v) is 3.32. The quantitative estimate of drug-likeness (QED) is 0.640. The van der Waals surface area contributed by atoms with Gasteiger partial charge in [0.1, 0.15) is 11.8 Å². The Kier molecular flexibility index (Phi) is 4.39. The van der Waals surface area contributed by atoms with Crippen LogP contribution in [0.3, 0.4) is 0 Å². The molecule has 2 unspecified atom stereocenters. The van der Waals surface area contributed by atoms with Crippen molar-refractivity contribution in [3.05, 3.63) is 73.0 Å². The van der Waals surface area contributed by atoms with E-state index in [0.717, 1.165) is 28.0 Å². The molecular weight excluding hydrogens is 353 g/mol. The molecule has 3 aromatic heterocycles. The van der Waals surface area contributed by atoms with E-state index < -0.39 is 17.3 Å². The molecule has 0 radical (unpaired) electrons. The minimum atomic E-state index is -1.25. The van der Waals surface area contributed by atoms with Gasteiger partial charge in [0.25, 0.3) is 0 Å². The zero-order valence-electron chi connectivity index (χ0n) is 13.7. The number of fused-ring (bicyclic) bond motifs is 1. The monoisotopic (exact) mass is 367 g/mol. The number of allylic oxidation sites excluding steroid dienone is 4. The van der Waals surface area contributed by atoms with Gasteiger partial charge in [-0.3, -0.25) is 14.2 Å². The van der Waals surface area contributed by atoms with E-state index in [1.54, 1.807) is 24.7 Å². The molecule has 1 aliphatic carbocycles. The van der Waals surface area contributed by atoms with Crippen LogP contribution in [0.2, 0.25) is 0 Å². The number of hydrogen-bond donors (Lipinski definition) is 0. The van der Waals surface area contributed by atoms with Crippen LogP contribution in [0.1, 0.15) is 12.1 Å². The number of alkyl halides is 1. The summed E-state index contributed by atoms with van der Waals surface area (Å²) in [5, 5.41) is -0.530. The third-order valence-corrected chi connectivity index (χ3v) is 4.64. The second-order valence-corrected chi connectivity index (χ2v) is 6.59. The molecule has 0 saturated heterocycles. The third kappa shape index (κ3) is 3.18. The second kappa shape index (κ2) is 6.84. The lowest BCUT2D eigenvalue weighted by Crippen LogP contribution is -2.17. The van der Waals surface area contributed by atoms with Crippen molar-refractivity contribution in [3.63, 3.8) is 0 Å². The standard InChI is InChI=1S/C20H15ClFN3O/c21-19(26)10-15-1-2-16(9-17(15)22)18-12-24-20-11-14(5-8-25(18)20)13-3-6-23-7-4-13/h1-9,11-12,15,17H,10H2. The maximum Gasteiger partial charge on any atom is 0.222 e. The van der Waals surface area contributed by atoms with E-state index in [2.05, 4.69) is 9.97 Å². The summed E-state index contributed by atoms with van der Waals surface area (Å²) in [6.45, 7) is 0. The summed E-state index contributed by atoms with van der Waals surface area (Å²) < 4.78 is 16.3. The highest BCUT2D eigenvalue weighted by atomic mass is 35.5. The van der Waals surface area contributed by atoms with Crippen molar-refractivity contribution in [2.24, 2.45) is 5.92 Å². The van der Waals surface area contributed by atoms with Gasteiger partial charge >= 0.3 is 0 Å². The molecule has 3 aromatic rings. The summed E-state index contributed by atoms with van der Waals surface area (Å²) in [5.74, 6) is -0.513. The second-order valence-electron chi connectivity index (χ2n) is 6.17. The van der Waals surface area contributed by atoms with Gasteiger partial charge in [0.15, 0.2) is 0 Å². The number of nitrogens with zero attached hydrogens (tertiary/aromatic N) is 3. The van der Waals surface area contributed by atoms with Crippen LogP contribution in [-0.2, 0) is 4.79 Å². The molecule has 4 nitrogen and oxygen atoms in total. The number of aromatic nitrogens is 3. The number of halogens is 2. The van der Waals surface area contributed by atoms with Gasteiger partial charge in [-0.05, 0) is 58.6 Å².